The number of hydrazine groups is 1. The Morgan fingerprint density at radius 3 is 2.95 bits per heavy atom. The molecule has 0 aromatic carbocycles. The van der Waals surface area contributed by atoms with Crippen molar-refractivity contribution in [2.24, 2.45) is 12.9 Å². The maximum absolute atomic E-state index is 5.68. The molecule has 0 spiro atoms. The van der Waals surface area contributed by atoms with Gasteiger partial charge in [0.05, 0.1) is 35.2 Å². The van der Waals surface area contributed by atoms with Gasteiger partial charge in [-0.1, -0.05) is 0 Å². The van der Waals surface area contributed by atoms with Gasteiger partial charge in [0.1, 0.15) is 6.04 Å². The Kier molecular flexibility index (Phi) is 4.70. The monoisotopic (exact) mass is 328 g/mol. The third-order valence-electron chi connectivity index (χ3n) is 2.81. The van der Waals surface area contributed by atoms with E-state index in [0.717, 1.165) is 15.9 Å². The van der Waals surface area contributed by atoms with Crippen molar-refractivity contribution in [1.82, 2.24) is 25.0 Å². The molecular formula is C11H17BrN6O. The topological polar surface area (TPSA) is 82.9 Å². The molecule has 0 bridgehead atoms. The van der Waals surface area contributed by atoms with Crippen LogP contribution in [0.2, 0.25) is 0 Å². The Balaban J connectivity index is 2.34. The van der Waals surface area contributed by atoms with Crippen LogP contribution < -0.4 is 11.3 Å². The van der Waals surface area contributed by atoms with Gasteiger partial charge in [0.15, 0.2) is 0 Å². The highest BCUT2D eigenvalue weighted by atomic mass is 79.9. The molecule has 0 fully saturated rings. The van der Waals surface area contributed by atoms with Gasteiger partial charge in [-0.05, 0) is 22.0 Å². The number of nitrogens with two attached hydrogens (primary N) is 1. The highest BCUT2D eigenvalue weighted by Gasteiger charge is 2.22. The minimum absolute atomic E-state index is 0.227. The number of methoxy groups -OCH3 is 1. The Hall–Kier alpha value is -1.22. The lowest BCUT2D eigenvalue weighted by Gasteiger charge is -2.16. The molecule has 2 heterocycles. The summed E-state index contributed by atoms with van der Waals surface area (Å²) in [5.41, 5.74) is 4.55. The van der Waals surface area contributed by atoms with Crippen LogP contribution in [0.4, 0.5) is 0 Å². The Morgan fingerprint density at radius 1 is 1.58 bits per heavy atom. The smallest absolute Gasteiger partial charge is 0.108 e. The van der Waals surface area contributed by atoms with Crippen LogP contribution in [0, 0.1) is 0 Å². The third kappa shape index (κ3) is 3.03. The number of nitrogens with one attached hydrogen (secondary N) is 1. The molecule has 8 heteroatoms. The van der Waals surface area contributed by atoms with E-state index in [0.29, 0.717) is 13.2 Å². The first-order valence-corrected chi connectivity index (χ1v) is 6.62. The zero-order chi connectivity index (χ0) is 13.8. The summed E-state index contributed by atoms with van der Waals surface area (Å²) in [4.78, 5) is 0. The van der Waals surface area contributed by atoms with Gasteiger partial charge in [0, 0.05) is 20.4 Å². The van der Waals surface area contributed by atoms with Crippen LogP contribution in [-0.4, -0.2) is 33.3 Å². The normalized spacial score (nSPS) is 12.8. The molecule has 7 nitrogen and oxygen atoms in total. The molecule has 0 saturated heterocycles. The second-order valence-electron chi connectivity index (χ2n) is 4.11. The number of hydrogen-bond acceptors (Lipinski definition) is 5. The second kappa shape index (κ2) is 6.29. The lowest BCUT2D eigenvalue weighted by molar-refractivity contribution is 0.182. The maximum atomic E-state index is 5.68. The van der Waals surface area contributed by atoms with Crippen molar-refractivity contribution < 1.29 is 4.74 Å². The van der Waals surface area contributed by atoms with Crippen LogP contribution in [0.25, 0.3) is 0 Å². The van der Waals surface area contributed by atoms with Crippen molar-refractivity contribution in [3.8, 4) is 0 Å². The van der Waals surface area contributed by atoms with Crippen LogP contribution >= 0.6 is 15.9 Å². The second-order valence-corrected chi connectivity index (χ2v) is 4.96. The third-order valence-corrected chi connectivity index (χ3v) is 3.42. The summed E-state index contributed by atoms with van der Waals surface area (Å²) >= 11 is 3.50. The van der Waals surface area contributed by atoms with Crippen molar-refractivity contribution in [1.29, 1.82) is 0 Å². The van der Waals surface area contributed by atoms with Crippen molar-refractivity contribution in [2.45, 2.75) is 12.6 Å². The summed E-state index contributed by atoms with van der Waals surface area (Å²) < 4.78 is 9.57. The van der Waals surface area contributed by atoms with E-state index in [4.69, 9.17) is 10.6 Å². The fraction of sp³-hybridized carbons (Fsp3) is 0.455. The van der Waals surface area contributed by atoms with E-state index >= 15 is 0 Å². The molecule has 2 rings (SSSR count). The number of aryl methyl sites for hydroxylation is 1. The molecule has 19 heavy (non-hydrogen) atoms. The van der Waals surface area contributed by atoms with Gasteiger partial charge in [0.2, 0.25) is 0 Å². The fourth-order valence-electron chi connectivity index (χ4n) is 1.91. The van der Waals surface area contributed by atoms with Gasteiger partial charge in [-0.15, -0.1) is 0 Å². The SMILES string of the molecule is COCCn1ncc(Br)c1C(NN)c1ccn(C)n1. The first-order valence-electron chi connectivity index (χ1n) is 5.83. The van der Waals surface area contributed by atoms with E-state index in [1.807, 2.05) is 24.0 Å². The zero-order valence-corrected chi connectivity index (χ0v) is 12.5. The molecule has 0 amide bonds. The predicted octanol–water partition coefficient (Wildman–Crippen LogP) is 0.578. The van der Waals surface area contributed by atoms with Gasteiger partial charge in [-0.25, -0.2) is 5.43 Å². The molecule has 3 N–H and O–H groups in total. The van der Waals surface area contributed by atoms with Gasteiger partial charge in [0.25, 0.3) is 0 Å². The Morgan fingerprint density at radius 2 is 2.37 bits per heavy atom. The molecule has 104 valence electrons. The quantitative estimate of drug-likeness (QED) is 0.598. The average Bonchev–Trinajstić information content (AvgIpc) is 2.97. The van der Waals surface area contributed by atoms with E-state index in [1.165, 1.54) is 0 Å². The first kappa shape index (κ1) is 14.2. The van der Waals surface area contributed by atoms with E-state index in [-0.39, 0.29) is 6.04 Å². The summed E-state index contributed by atoms with van der Waals surface area (Å²) in [6.45, 7) is 1.24. The molecule has 1 atom stereocenters. The molecule has 2 aromatic rings. The average molecular weight is 329 g/mol. The molecule has 1 unspecified atom stereocenters. The van der Waals surface area contributed by atoms with E-state index in [2.05, 4.69) is 31.6 Å². The van der Waals surface area contributed by atoms with Crippen LogP contribution in [0.3, 0.4) is 0 Å². The lowest BCUT2D eigenvalue weighted by atomic mass is 10.1. The molecule has 0 aliphatic heterocycles. The van der Waals surface area contributed by atoms with Crippen molar-refractivity contribution >= 4 is 15.9 Å². The molecule has 0 radical (unpaired) electrons. The fourth-order valence-corrected chi connectivity index (χ4v) is 2.43. The van der Waals surface area contributed by atoms with Crippen molar-refractivity contribution in [2.75, 3.05) is 13.7 Å². The minimum atomic E-state index is -0.227. The summed E-state index contributed by atoms with van der Waals surface area (Å²) in [5.74, 6) is 5.68. The van der Waals surface area contributed by atoms with Crippen molar-refractivity contribution in [3.63, 3.8) is 0 Å². The van der Waals surface area contributed by atoms with E-state index in [1.54, 1.807) is 18.0 Å². The maximum Gasteiger partial charge on any atom is 0.108 e. The van der Waals surface area contributed by atoms with Crippen LogP contribution in [-0.2, 0) is 18.3 Å². The molecule has 2 aromatic heterocycles. The van der Waals surface area contributed by atoms with Crippen LogP contribution in [0.1, 0.15) is 17.4 Å². The summed E-state index contributed by atoms with van der Waals surface area (Å²) in [7, 11) is 3.53. The van der Waals surface area contributed by atoms with Crippen molar-refractivity contribution in [3.05, 3.63) is 34.3 Å². The Labute approximate surface area is 119 Å². The summed E-state index contributed by atoms with van der Waals surface area (Å²) in [6, 6.07) is 1.69. The Bertz CT molecular complexity index is 537. The first-order chi connectivity index (χ1) is 9.17. The number of hydrogen-bond donors (Lipinski definition) is 2. The van der Waals surface area contributed by atoms with E-state index in [9.17, 15) is 0 Å². The summed E-state index contributed by atoms with van der Waals surface area (Å²) in [5, 5.41) is 8.70. The number of ether oxygens (including phenoxy) is 1. The van der Waals surface area contributed by atoms with Crippen LogP contribution in [0.5, 0.6) is 0 Å². The number of rotatable bonds is 6. The highest BCUT2D eigenvalue weighted by Crippen LogP contribution is 2.27. The largest absolute Gasteiger partial charge is 0.383 e. The van der Waals surface area contributed by atoms with E-state index < -0.39 is 0 Å². The molecule has 0 aliphatic carbocycles. The predicted molar refractivity (Wildman–Crippen MR) is 74.2 cm³/mol. The lowest BCUT2D eigenvalue weighted by Crippen LogP contribution is -2.31. The number of aromatic nitrogens is 4. The number of halogens is 1. The molecule has 0 aliphatic rings. The van der Waals surface area contributed by atoms with Gasteiger partial charge >= 0.3 is 0 Å². The zero-order valence-electron chi connectivity index (χ0n) is 10.9. The van der Waals surface area contributed by atoms with Gasteiger partial charge in [-0.3, -0.25) is 15.2 Å². The van der Waals surface area contributed by atoms with Crippen LogP contribution in [0.15, 0.2) is 22.9 Å². The van der Waals surface area contributed by atoms with Gasteiger partial charge < -0.3 is 4.74 Å². The summed E-state index contributed by atoms with van der Waals surface area (Å²) in [6.07, 6.45) is 3.63. The highest BCUT2D eigenvalue weighted by molar-refractivity contribution is 9.10. The number of nitrogens with zero attached hydrogens (tertiary/aromatic N) is 4. The standard InChI is InChI=1S/C11H17BrN6O/c1-17-4-3-9(16-17)10(15-13)11-8(12)7-14-18(11)5-6-19-2/h3-4,7,10,15H,5-6,13H2,1-2H3. The molecule has 0 saturated carbocycles. The molecular weight excluding hydrogens is 312 g/mol. The minimum Gasteiger partial charge on any atom is -0.383 e. The van der Waals surface area contributed by atoms with Gasteiger partial charge in [-0.2, -0.15) is 10.2 Å².